The molecule has 0 atom stereocenters. The van der Waals surface area contributed by atoms with Gasteiger partial charge in [0.2, 0.25) is 5.13 Å². The summed E-state index contributed by atoms with van der Waals surface area (Å²) in [5.41, 5.74) is 2.20. The quantitative estimate of drug-likeness (QED) is 0.383. The Morgan fingerprint density at radius 3 is 2.73 bits per heavy atom. The predicted octanol–water partition coefficient (Wildman–Crippen LogP) is 5.55. The highest BCUT2D eigenvalue weighted by Crippen LogP contribution is 2.32. The van der Waals surface area contributed by atoms with Crippen LogP contribution in [0.2, 0.25) is 0 Å². The standard InChI is InChI=1S/C22H22N4O2S2/c1-4-28-17-7-6-8-18-20(17)24-22(30-18)26-19(13-14(3)25-26)23-21(27)15-9-11-16(12-10-15)29-5-2/h6-13H,4-5H2,1-3H3,(H,23,27). The van der Waals surface area contributed by atoms with Gasteiger partial charge in [0.1, 0.15) is 17.1 Å². The maximum absolute atomic E-state index is 12.8. The molecule has 2 aromatic carbocycles. The van der Waals surface area contributed by atoms with E-state index in [1.54, 1.807) is 16.4 Å². The van der Waals surface area contributed by atoms with E-state index in [0.717, 1.165) is 32.3 Å². The third-order valence-electron chi connectivity index (χ3n) is 4.35. The molecule has 0 aliphatic carbocycles. The number of nitrogens with zero attached hydrogens (tertiary/aromatic N) is 3. The molecule has 0 unspecified atom stereocenters. The number of amides is 1. The van der Waals surface area contributed by atoms with Gasteiger partial charge in [-0.2, -0.15) is 9.78 Å². The van der Waals surface area contributed by atoms with E-state index in [4.69, 9.17) is 9.72 Å². The lowest BCUT2D eigenvalue weighted by atomic mass is 10.2. The van der Waals surface area contributed by atoms with Crippen LogP contribution in [-0.2, 0) is 0 Å². The number of nitrogens with one attached hydrogen (secondary N) is 1. The maximum Gasteiger partial charge on any atom is 0.256 e. The van der Waals surface area contributed by atoms with Gasteiger partial charge in [-0.15, -0.1) is 11.8 Å². The van der Waals surface area contributed by atoms with Crippen molar-refractivity contribution in [3.63, 3.8) is 0 Å². The summed E-state index contributed by atoms with van der Waals surface area (Å²) in [7, 11) is 0. The highest BCUT2D eigenvalue weighted by atomic mass is 32.2. The van der Waals surface area contributed by atoms with E-state index in [9.17, 15) is 4.79 Å². The van der Waals surface area contributed by atoms with Crippen molar-refractivity contribution in [3.8, 4) is 10.9 Å². The topological polar surface area (TPSA) is 69.0 Å². The fraction of sp³-hybridized carbons (Fsp3) is 0.227. The zero-order valence-corrected chi connectivity index (χ0v) is 18.6. The molecule has 0 saturated heterocycles. The Balaban J connectivity index is 1.63. The van der Waals surface area contributed by atoms with Crippen molar-refractivity contribution in [1.82, 2.24) is 14.8 Å². The van der Waals surface area contributed by atoms with Gasteiger partial charge in [-0.25, -0.2) is 4.98 Å². The molecule has 0 aliphatic rings. The Hall–Kier alpha value is -2.84. The number of aryl methyl sites for hydroxylation is 1. The number of para-hydroxylation sites is 1. The number of rotatable bonds is 7. The summed E-state index contributed by atoms with van der Waals surface area (Å²) in [6, 6.07) is 15.3. The fourth-order valence-corrected chi connectivity index (χ4v) is 4.68. The molecule has 4 aromatic rings. The van der Waals surface area contributed by atoms with Crippen LogP contribution in [0.3, 0.4) is 0 Å². The minimum Gasteiger partial charge on any atom is -0.492 e. The number of fused-ring (bicyclic) bond motifs is 1. The van der Waals surface area contributed by atoms with Crippen LogP contribution in [0, 0.1) is 6.92 Å². The second kappa shape index (κ2) is 8.89. The molecule has 2 aromatic heterocycles. The van der Waals surface area contributed by atoms with Crippen LogP contribution in [0.5, 0.6) is 5.75 Å². The van der Waals surface area contributed by atoms with Gasteiger partial charge >= 0.3 is 0 Å². The monoisotopic (exact) mass is 438 g/mol. The largest absolute Gasteiger partial charge is 0.492 e. The number of anilines is 1. The number of carbonyl (C=O) groups is 1. The first-order valence-corrected chi connectivity index (χ1v) is 11.5. The van der Waals surface area contributed by atoms with Gasteiger partial charge in [0.15, 0.2) is 0 Å². The van der Waals surface area contributed by atoms with Crippen LogP contribution in [0.4, 0.5) is 5.82 Å². The molecule has 0 aliphatic heterocycles. The molecule has 0 fully saturated rings. The van der Waals surface area contributed by atoms with Gasteiger partial charge < -0.3 is 10.1 Å². The number of hydrogen-bond acceptors (Lipinski definition) is 6. The molecule has 1 N–H and O–H groups in total. The number of carbonyl (C=O) groups excluding carboxylic acids is 1. The molecule has 6 nitrogen and oxygen atoms in total. The van der Waals surface area contributed by atoms with E-state index in [0.29, 0.717) is 23.1 Å². The molecular formula is C22H22N4O2S2. The molecule has 2 heterocycles. The minimum atomic E-state index is -0.180. The van der Waals surface area contributed by atoms with Crippen LogP contribution < -0.4 is 10.1 Å². The van der Waals surface area contributed by atoms with E-state index in [1.165, 1.54) is 11.3 Å². The van der Waals surface area contributed by atoms with Crippen LogP contribution in [0.25, 0.3) is 15.3 Å². The first-order valence-electron chi connectivity index (χ1n) is 9.72. The summed E-state index contributed by atoms with van der Waals surface area (Å²) in [6.45, 7) is 6.52. The molecule has 8 heteroatoms. The van der Waals surface area contributed by atoms with E-state index >= 15 is 0 Å². The zero-order valence-electron chi connectivity index (χ0n) is 17.0. The normalized spacial score (nSPS) is 11.0. The fourth-order valence-electron chi connectivity index (χ4n) is 3.07. The van der Waals surface area contributed by atoms with E-state index in [1.807, 2.05) is 62.4 Å². The molecular weight excluding hydrogens is 416 g/mol. The molecule has 0 radical (unpaired) electrons. The summed E-state index contributed by atoms with van der Waals surface area (Å²) in [5.74, 6) is 2.15. The average molecular weight is 439 g/mol. The van der Waals surface area contributed by atoms with Gasteiger partial charge in [0, 0.05) is 16.5 Å². The van der Waals surface area contributed by atoms with E-state index in [2.05, 4.69) is 17.3 Å². The average Bonchev–Trinajstić information content (AvgIpc) is 3.32. The van der Waals surface area contributed by atoms with Gasteiger partial charge in [0.05, 0.1) is 17.0 Å². The second-order valence-electron chi connectivity index (χ2n) is 6.53. The zero-order chi connectivity index (χ0) is 21.1. The lowest BCUT2D eigenvalue weighted by Crippen LogP contribution is -2.15. The summed E-state index contributed by atoms with van der Waals surface area (Å²) < 4.78 is 8.38. The molecule has 0 saturated carbocycles. The Kier molecular flexibility index (Phi) is 6.06. The Labute approximate surface area is 183 Å². The van der Waals surface area contributed by atoms with Crippen molar-refractivity contribution in [2.75, 3.05) is 17.7 Å². The Bertz CT molecular complexity index is 1180. The van der Waals surface area contributed by atoms with Crippen molar-refractivity contribution >= 4 is 45.0 Å². The van der Waals surface area contributed by atoms with Crippen LogP contribution in [-0.4, -0.2) is 33.0 Å². The highest BCUT2D eigenvalue weighted by molar-refractivity contribution is 7.99. The van der Waals surface area contributed by atoms with Crippen LogP contribution in [0.1, 0.15) is 29.9 Å². The summed E-state index contributed by atoms with van der Waals surface area (Å²) >= 11 is 3.25. The molecule has 1 amide bonds. The highest BCUT2D eigenvalue weighted by Gasteiger charge is 2.17. The van der Waals surface area contributed by atoms with Crippen molar-refractivity contribution in [1.29, 1.82) is 0 Å². The maximum atomic E-state index is 12.8. The van der Waals surface area contributed by atoms with Crippen LogP contribution in [0.15, 0.2) is 53.4 Å². The smallest absolute Gasteiger partial charge is 0.256 e. The van der Waals surface area contributed by atoms with Crippen molar-refractivity contribution in [2.45, 2.75) is 25.7 Å². The molecule has 30 heavy (non-hydrogen) atoms. The van der Waals surface area contributed by atoms with Gasteiger partial charge in [-0.3, -0.25) is 4.79 Å². The number of hydrogen-bond donors (Lipinski definition) is 1. The molecule has 4 rings (SSSR count). The number of thiazole rings is 1. The summed E-state index contributed by atoms with van der Waals surface area (Å²) in [5, 5.41) is 8.19. The predicted molar refractivity (Wildman–Crippen MR) is 123 cm³/mol. The van der Waals surface area contributed by atoms with Crippen molar-refractivity contribution in [3.05, 3.63) is 59.8 Å². The SMILES string of the molecule is CCOc1cccc2sc(-n3nc(C)cc3NC(=O)c3ccc(SCC)cc3)nc12. The molecule has 0 bridgehead atoms. The lowest BCUT2D eigenvalue weighted by molar-refractivity contribution is 0.102. The number of benzene rings is 2. The van der Waals surface area contributed by atoms with Crippen molar-refractivity contribution < 1.29 is 9.53 Å². The number of thioether (sulfide) groups is 1. The third-order valence-corrected chi connectivity index (χ3v) is 6.24. The van der Waals surface area contributed by atoms with Crippen LogP contribution >= 0.6 is 23.1 Å². The second-order valence-corrected chi connectivity index (χ2v) is 8.87. The summed E-state index contributed by atoms with van der Waals surface area (Å²) in [6.07, 6.45) is 0. The van der Waals surface area contributed by atoms with Crippen molar-refractivity contribution in [2.24, 2.45) is 0 Å². The van der Waals surface area contributed by atoms with Gasteiger partial charge in [-0.05, 0) is 56.0 Å². The first-order chi connectivity index (χ1) is 14.6. The Morgan fingerprint density at radius 1 is 1.20 bits per heavy atom. The first kappa shape index (κ1) is 20.4. The van der Waals surface area contributed by atoms with E-state index in [-0.39, 0.29) is 5.91 Å². The lowest BCUT2D eigenvalue weighted by Gasteiger charge is -2.07. The molecule has 154 valence electrons. The number of ether oxygens (including phenoxy) is 1. The third kappa shape index (κ3) is 4.20. The van der Waals surface area contributed by atoms with E-state index < -0.39 is 0 Å². The van der Waals surface area contributed by atoms with Gasteiger partial charge in [-0.1, -0.05) is 24.3 Å². The minimum absolute atomic E-state index is 0.180. The summed E-state index contributed by atoms with van der Waals surface area (Å²) in [4.78, 5) is 18.7. The Morgan fingerprint density at radius 2 is 2.00 bits per heavy atom. The molecule has 0 spiro atoms. The van der Waals surface area contributed by atoms with Gasteiger partial charge in [0.25, 0.3) is 5.91 Å². The number of aromatic nitrogens is 3.